The lowest BCUT2D eigenvalue weighted by molar-refractivity contribution is -0.389. The fraction of sp³-hybridized carbons (Fsp3) is 0.583. The number of hydrogen-bond donors (Lipinski definition) is 1. The monoisotopic (exact) mass is 280 g/mol. The topological polar surface area (TPSA) is 72.5 Å². The van der Waals surface area contributed by atoms with E-state index in [1.165, 1.54) is 35.0 Å². The normalized spacial score (nSPS) is 23.0. The second kappa shape index (κ2) is 4.80. The molecule has 2 aromatic heterocycles. The van der Waals surface area contributed by atoms with Gasteiger partial charge in [0.2, 0.25) is 5.82 Å². The predicted molar refractivity (Wildman–Crippen MR) is 74.7 cm³/mol. The molecule has 0 aliphatic heterocycles. The van der Waals surface area contributed by atoms with Crippen molar-refractivity contribution < 1.29 is 4.92 Å². The molecule has 102 valence electrons. The van der Waals surface area contributed by atoms with Crippen molar-refractivity contribution in [3.8, 4) is 0 Å². The summed E-state index contributed by atoms with van der Waals surface area (Å²) in [6.07, 6.45) is 5.40. The zero-order valence-electron chi connectivity index (χ0n) is 10.7. The molecule has 0 radical (unpaired) electrons. The molecule has 1 aliphatic carbocycles. The summed E-state index contributed by atoms with van der Waals surface area (Å²) in [5.41, 5.74) is 0. The van der Waals surface area contributed by atoms with E-state index in [0.717, 1.165) is 6.54 Å². The van der Waals surface area contributed by atoms with Gasteiger partial charge in [-0.15, -0.1) is 0 Å². The Labute approximate surface area is 114 Å². The highest BCUT2D eigenvalue weighted by atomic mass is 32.1. The average molecular weight is 280 g/mol. The van der Waals surface area contributed by atoms with Crippen LogP contribution >= 0.6 is 11.3 Å². The van der Waals surface area contributed by atoms with Crippen LogP contribution < -0.4 is 5.32 Å². The summed E-state index contributed by atoms with van der Waals surface area (Å²) < 4.78 is 1.53. The summed E-state index contributed by atoms with van der Waals surface area (Å²) in [6.45, 7) is 3.02. The summed E-state index contributed by atoms with van der Waals surface area (Å²) in [7, 11) is 0. The van der Waals surface area contributed by atoms with E-state index in [9.17, 15) is 10.1 Å². The average Bonchev–Trinajstić information content (AvgIpc) is 3.00. The van der Waals surface area contributed by atoms with Crippen molar-refractivity contribution in [3.63, 3.8) is 0 Å². The third-order valence-corrected chi connectivity index (χ3v) is 4.74. The number of anilines is 1. The summed E-state index contributed by atoms with van der Waals surface area (Å²) in [4.78, 5) is 15.8. The summed E-state index contributed by atoms with van der Waals surface area (Å²) >= 11 is 1.41. The number of aromatic nitrogens is 2. The minimum atomic E-state index is -0.368. The molecule has 2 atom stereocenters. The second-order valence-electron chi connectivity index (χ2n) is 5.15. The molecule has 1 N–H and O–H groups in total. The maximum Gasteiger partial charge on any atom is 0.372 e. The number of nitrogens with one attached hydrogen (secondary N) is 1. The van der Waals surface area contributed by atoms with Gasteiger partial charge in [-0.1, -0.05) is 31.1 Å². The fourth-order valence-electron chi connectivity index (χ4n) is 2.82. The SMILES string of the molecule is CC1CCCC1CNc1nc2sccn2c1[N+](=O)[O-]. The number of imidazole rings is 1. The van der Waals surface area contributed by atoms with Crippen molar-refractivity contribution in [1.29, 1.82) is 0 Å². The lowest BCUT2D eigenvalue weighted by Gasteiger charge is -2.15. The standard InChI is InChI=1S/C12H16N4O2S/c1-8-3-2-4-9(8)7-13-10-11(16(17)18)15-5-6-19-12(15)14-10/h5-6,8-9,13H,2-4,7H2,1H3. The van der Waals surface area contributed by atoms with Crippen LogP contribution in [-0.2, 0) is 0 Å². The Bertz CT molecular complexity index is 606. The number of fused-ring (bicyclic) bond motifs is 1. The molecule has 6 nitrogen and oxygen atoms in total. The Kier molecular flexibility index (Phi) is 3.14. The van der Waals surface area contributed by atoms with Gasteiger partial charge in [0.1, 0.15) is 6.20 Å². The van der Waals surface area contributed by atoms with Crippen LogP contribution in [0.25, 0.3) is 4.96 Å². The first-order chi connectivity index (χ1) is 9.16. The van der Waals surface area contributed by atoms with Crippen LogP contribution in [0.15, 0.2) is 11.6 Å². The number of thiazole rings is 1. The van der Waals surface area contributed by atoms with Gasteiger partial charge in [-0.05, 0) is 23.2 Å². The Hall–Kier alpha value is -1.63. The van der Waals surface area contributed by atoms with E-state index < -0.39 is 0 Å². The van der Waals surface area contributed by atoms with Crippen molar-refractivity contribution >= 4 is 27.9 Å². The van der Waals surface area contributed by atoms with E-state index in [1.807, 2.05) is 0 Å². The Balaban J connectivity index is 1.82. The van der Waals surface area contributed by atoms with Crippen molar-refractivity contribution in [3.05, 3.63) is 21.7 Å². The van der Waals surface area contributed by atoms with Crippen molar-refractivity contribution in [1.82, 2.24) is 9.38 Å². The smallest absolute Gasteiger partial charge is 0.363 e. The van der Waals surface area contributed by atoms with Gasteiger partial charge in [0.15, 0.2) is 0 Å². The highest BCUT2D eigenvalue weighted by Gasteiger charge is 2.27. The molecule has 2 aromatic rings. The van der Waals surface area contributed by atoms with Crippen LogP contribution in [0.5, 0.6) is 0 Å². The van der Waals surface area contributed by atoms with Crippen LogP contribution in [0, 0.1) is 22.0 Å². The van der Waals surface area contributed by atoms with E-state index >= 15 is 0 Å². The molecule has 1 aliphatic rings. The Morgan fingerprint density at radius 1 is 1.63 bits per heavy atom. The zero-order valence-corrected chi connectivity index (χ0v) is 11.5. The summed E-state index contributed by atoms with van der Waals surface area (Å²) in [5.74, 6) is 1.73. The van der Waals surface area contributed by atoms with Crippen molar-refractivity contribution in [2.75, 3.05) is 11.9 Å². The van der Waals surface area contributed by atoms with Gasteiger partial charge in [-0.25, -0.2) is 0 Å². The van der Waals surface area contributed by atoms with E-state index in [0.29, 0.717) is 22.6 Å². The first-order valence-corrected chi connectivity index (χ1v) is 7.38. The first-order valence-electron chi connectivity index (χ1n) is 6.50. The number of nitro groups is 1. The fourth-order valence-corrected chi connectivity index (χ4v) is 3.53. The molecule has 0 bridgehead atoms. The van der Waals surface area contributed by atoms with Crippen LogP contribution in [0.3, 0.4) is 0 Å². The molecule has 0 spiro atoms. The molecule has 2 unspecified atom stereocenters. The zero-order chi connectivity index (χ0) is 13.4. The number of nitrogens with zero attached hydrogens (tertiary/aromatic N) is 3. The molecule has 2 heterocycles. The molecule has 19 heavy (non-hydrogen) atoms. The van der Waals surface area contributed by atoms with E-state index in [2.05, 4.69) is 17.2 Å². The molecule has 0 amide bonds. The summed E-state index contributed by atoms with van der Waals surface area (Å²) in [6, 6.07) is 0. The van der Waals surface area contributed by atoms with Crippen LogP contribution in [0.2, 0.25) is 0 Å². The van der Waals surface area contributed by atoms with Crippen molar-refractivity contribution in [2.45, 2.75) is 26.2 Å². The van der Waals surface area contributed by atoms with Gasteiger partial charge < -0.3 is 15.4 Å². The number of hydrogen-bond acceptors (Lipinski definition) is 5. The third kappa shape index (κ3) is 2.18. The highest BCUT2D eigenvalue weighted by molar-refractivity contribution is 7.15. The molecule has 3 rings (SSSR count). The first kappa shape index (κ1) is 12.4. The molecular weight excluding hydrogens is 264 g/mol. The molecular formula is C12H16N4O2S. The third-order valence-electron chi connectivity index (χ3n) is 3.98. The quantitative estimate of drug-likeness (QED) is 0.689. The molecule has 0 saturated heterocycles. The maximum atomic E-state index is 11.2. The van der Waals surface area contributed by atoms with Gasteiger partial charge in [-0.2, -0.15) is 9.38 Å². The minimum Gasteiger partial charge on any atom is -0.363 e. The van der Waals surface area contributed by atoms with E-state index in [1.54, 1.807) is 11.6 Å². The minimum absolute atomic E-state index is 0.0434. The van der Waals surface area contributed by atoms with Crippen molar-refractivity contribution in [2.24, 2.45) is 11.8 Å². The van der Waals surface area contributed by atoms with Gasteiger partial charge in [0.05, 0.1) is 0 Å². The van der Waals surface area contributed by atoms with Crippen LogP contribution in [0.4, 0.5) is 11.6 Å². The molecule has 0 aromatic carbocycles. The Morgan fingerprint density at radius 3 is 3.16 bits per heavy atom. The van der Waals surface area contributed by atoms with Gasteiger partial charge >= 0.3 is 5.82 Å². The van der Waals surface area contributed by atoms with Gasteiger partial charge in [-0.3, -0.25) is 0 Å². The second-order valence-corrected chi connectivity index (χ2v) is 6.02. The Morgan fingerprint density at radius 2 is 2.47 bits per heavy atom. The van der Waals surface area contributed by atoms with Gasteiger partial charge in [0, 0.05) is 11.9 Å². The van der Waals surface area contributed by atoms with E-state index in [4.69, 9.17) is 0 Å². The summed E-state index contributed by atoms with van der Waals surface area (Å²) in [5, 5.41) is 16.1. The lowest BCUT2D eigenvalue weighted by atomic mass is 9.98. The maximum absolute atomic E-state index is 11.2. The van der Waals surface area contributed by atoms with E-state index in [-0.39, 0.29) is 10.7 Å². The molecule has 1 fully saturated rings. The largest absolute Gasteiger partial charge is 0.372 e. The van der Waals surface area contributed by atoms with Crippen LogP contribution in [0.1, 0.15) is 26.2 Å². The highest BCUT2D eigenvalue weighted by Crippen LogP contribution is 2.33. The van der Waals surface area contributed by atoms with Crippen LogP contribution in [-0.4, -0.2) is 20.9 Å². The number of rotatable bonds is 4. The predicted octanol–water partition coefficient (Wildman–Crippen LogP) is 3.15. The lowest BCUT2D eigenvalue weighted by Crippen LogP contribution is -2.17. The molecule has 7 heteroatoms. The molecule has 1 saturated carbocycles. The van der Waals surface area contributed by atoms with Gasteiger partial charge in [0.25, 0.3) is 4.96 Å².